The number of aryl methyl sites for hydroxylation is 2. The summed E-state index contributed by atoms with van der Waals surface area (Å²) in [7, 11) is -2.55. The van der Waals surface area contributed by atoms with E-state index in [4.69, 9.17) is 4.74 Å². The minimum Gasteiger partial charge on any atom is -0.497 e. The van der Waals surface area contributed by atoms with E-state index in [-0.39, 0.29) is 17.3 Å². The summed E-state index contributed by atoms with van der Waals surface area (Å²) in [6.45, 7) is 7.13. The minimum atomic E-state index is -4.10. The second kappa shape index (κ2) is 12.6. The van der Waals surface area contributed by atoms with Crippen LogP contribution in [0.3, 0.4) is 0 Å². The number of benzene rings is 3. The normalized spacial score (nSPS) is 11.9. The molecule has 0 bridgehead atoms. The molecule has 2 amide bonds. The standard InChI is InChI=1S/C29H35N3O5S/c1-6-30-29(34)23(4)31(19-24-11-9-12-25(18-24)37-5)28(33)20-32(27-13-8-7-10-22(27)3)38(35,36)26-16-14-21(2)15-17-26/h7-18,23H,6,19-20H2,1-5H3,(H,30,34)/t23-/m0/s1. The van der Waals surface area contributed by atoms with E-state index in [2.05, 4.69) is 5.32 Å². The zero-order valence-electron chi connectivity index (χ0n) is 22.5. The number of carbonyl (C=O) groups is 2. The first-order valence-corrected chi connectivity index (χ1v) is 13.9. The molecule has 0 fully saturated rings. The number of para-hydroxylation sites is 1. The highest BCUT2D eigenvalue weighted by Gasteiger charge is 2.33. The number of likely N-dealkylation sites (N-methyl/N-ethyl adjacent to an activating group) is 1. The molecule has 0 unspecified atom stereocenters. The highest BCUT2D eigenvalue weighted by atomic mass is 32.2. The van der Waals surface area contributed by atoms with Gasteiger partial charge in [0.15, 0.2) is 0 Å². The van der Waals surface area contributed by atoms with Crippen molar-refractivity contribution in [3.8, 4) is 5.75 Å². The molecular weight excluding hydrogens is 502 g/mol. The lowest BCUT2D eigenvalue weighted by atomic mass is 10.1. The molecular formula is C29H35N3O5S. The van der Waals surface area contributed by atoms with Crippen LogP contribution in [0, 0.1) is 13.8 Å². The highest BCUT2D eigenvalue weighted by molar-refractivity contribution is 7.92. The van der Waals surface area contributed by atoms with Crippen molar-refractivity contribution in [2.75, 3.05) is 24.5 Å². The molecule has 1 atom stereocenters. The molecule has 9 heteroatoms. The van der Waals surface area contributed by atoms with Crippen molar-refractivity contribution < 1.29 is 22.7 Å². The zero-order chi connectivity index (χ0) is 27.9. The van der Waals surface area contributed by atoms with E-state index in [0.717, 1.165) is 15.4 Å². The first-order valence-electron chi connectivity index (χ1n) is 12.4. The third kappa shape index (κ3) is 6.72. The minimum absolute atomic E-state index is 0.0790. The fraction of sp³-hybridized carbons (Fsp3) is 0.310. The highest BCUT2D eigenvalue weighted by Crippen LogP contribution is 2.27. The average molecular weight is 538 g/mol. The van der Waals surface area contributed by atoms with Crippen LogP contribution in [0.15, 0.2) is 77.7 Å². The zero-order valence-corrected chi connectivity index (χ0v) is 23.3. The van der Waals surface area contributed by atoms with E-state index in [9.17, 15) is 18.0 Å². The van der Waals surface area contributed by atoms with Crippen molar-refractivity contribution in [1.29, 1.82) is 0 Å². The predicted molar refractivity (Wildman–Crippen MR) is 149 cm³/mol. The number of carbonyl (C=O) groups excluding carboxylic acids is 2. The number of anilines is 1. The molecule has 3 aromatic rings. The Hall–Kier alpha value is -3.85. The van der Waals surface area contributed by atoms with Gasteiger partial charge in [-0.3, -0.25) is 13.9 Å². The van der Waals surface area contributed by atoms with Crippen molar-refractivity contribution >= 4 is 27.5 Å². The van der Waals surface area contributed by atoms with Crippen LogP contribution in [0.4, 0.5) is 5.69 Å². The largest absolute Gasteiger partial charge is 0.497 e. The van der Waals surface area contributed by atoms with Crippen LogP contribution in [-0.4, -0.2) is 51.4 Å². The number of rotatable bonds is 11. The summed E-state index contributed by atoms with van der Waals surface area (Å²) in [5, 5.41) is 2.76. The van der Waals surface area contributed by atoms with Crippen LogP contribution >= 0.6 is 0 Å². The summed E-state index contributed by atoms with van der Waals surface area (Å²) in [6.07, 6.45) is 0. The summed E-state index contributed by atoms with van der Waals surface area (Å²) in [5.41, 5.74) is 2.76. The van der Waals surface area contributed by atoms with Crippen molar-refractivity contribution in [1.82, 2.24) is 10.2 Å². The predicted octanol–water partition coefficient (Wildman–Crippen LogP) is 4.06. The smallest absolute Gasteiger partial charge is 0.264 e. The summed E-state index contributed by atoms with van der Waals surface area (Å²) < 4.78 is 34.2. The van der Waals surface area contributed by atoms with Gasteiger partial charge in [-0.2, -0.15) is 0 Å². The van der Waals surface area contributed by atoms with Gasteiger partial charge in [-0.05, 0) is 69.2 Å². The molecule has 3 rings (SSSR count). The number of nitrogens with zero attached hydrogens (tertiary/aromatic N) is 2. The molecule has 0 aromatic heterocycles. The lowest BCUT2D eigenvalue weighted by Crippen LogP contribution is -2.51. The summed E-state index contributed by atoms with van der Waals surface area (Å²) in [6, 6.07) is 19.9. The molecule has 0 aliphatic heterocycles. The Morgan fingerprint density at radius 2 is 1.66 bits per heavy atom. The number of nitrogens with one attached hydrogen (secondary N) is 1. The van der Waals surface area contributed by atoms with E-state index < -0.39 is 28.5 Å². The summed E-state index contributed by atoms with van der Waals surface area (Å²) in [5.74, 6) is -0.220. The van der Waals surface area contributed by atoms with E-state index in [1.807, 2.05) is 19.1 Å². The Kier molecular flexibility index (Phi) is 9.52. The first kappa shape index (κ1) is 28.7. The molecule has 1 N–H and O–H groups in total. The molecule has 3 aromatic carbocycles. The van der Waals surface area contributed by atoms with Gasteiger partial charge in [-0.25, -0.2) is 8.42 Å². The Bertz CT molecular complexity index is 1370. The van der Waals surface area contributed by atoms with E-state index in [1.165, 1.54) is 17.0 Å². The average Bonchev–Trinajstić information content (AvgIpc) is 2.90. The second-order valence-electron chi connectivity index (χ2n) is 9.05. The fourth-order valence-corrected chi connectivity index (χ4v) is 5.54. The summed E-state index contributed by atoms with van der Waals surface area (Å²) >= 11 is 0. The van der Waals surface area contributed by atoms with Crippen molar-refractivity contribution in [3.63, 3.8) is 0 Å². The van der Waals surface area contributed by atoms with Crippen LogP contribution in [0.2, 0.25) is 0 Å². The van der Waals surface area contributed by atoms with Gasteiger partial charge in [0.25, 0.3) is 10.0 Å². The van der Waals surface area contributed by atoms with Gasteiger partial charge in [0.1, 0.15) is 18.3 Å². The van der Waals surface area contributed by atoms with Gasteiger partial charge in [0.05, 0.1) is 17.7 Å². The summed E-state index contributed by atoms with van der Waals surface area (Å²) in [4.78, 5) is 28.2. The Morgan fingerprint density at radius 1 is 0.974 bits per heavy atom. The number of hydrogen-bond acceptors (Lipinski definition) is 5. The topological polar surface area (TPSA) is 96.0 Å². The van der Waals surface area contributed by atoms with Gasteiger partial charge in [0, 0.05) is 13.1 Å². The third-order valence-electron chi connectivity index (χ3n) is 6.28. The quantitative estimate of drug-likeness (QED) is 0.398. The number of hydrogen-bond donors (Lipinski definition) is 1. The van der Waals surface area contributed by atoms with Gasteiger partial charge >= 0.3 is 0 Å². The van der Waals surface area contributed by atoms with Crippen LogP contribution in [0.5, 0.6) is 5.75 Å². The van der Waals surface area contributed by atoms with Gasteiger partial charge in [-0.1, -0.05) is 48.0 Å². The Labute approximate surface area is 225 Å². The van der Waals surface area contributed by atoms with E-state index in [0.29, 0.717) is 23.5 Å². The number of sulfonamides is 1. The number of ether oxygens (including phenoxy) is 1. The van der Waals surface area contributed by atoms with Crippen molar-refractivity contribution in [3.05, 3.63) is 89.5 Å². The van der Waals surface area contributed by atoms with E-state index in [1.54, 1.807) is 76.4 Å². The molecule has 202 valence electrons. The maximum atomic E-state index is 13.9. The Morgan fingerprint density at radius 3 is 2.29 bits per heavy atom. The van der Waals surface area contributed by atoms with Crippen LogP contribution in [-0.2, 0) is 26.2 Å². The first-order chi connectivity index (χ1) is 18.1. The molecule has 0 saturated carbocycles. The maximum absolute atomic E-state index is 13.9. The molecule has 0 aliphatic rings. The molecule has 0 aliphatic carbocycles. The second-order valence-corrected chi connectivity index (χ2v) is 10.9. The van der Waals surface area contributed by atoms with Gasteiger partial charge < -0.3 is 15.0 Å². The Balaban J connectivity index is 2.04. The molecule has 0 saturated heterocycles. The van der Waals surface area contributed by atoms with Crippen LogP contribution in [0.1, 0.15) is 30.5 Å². The molecule has 0 spiro atoms. The molecule has 38 heavy (non-hydrogen) atoms. The van der Waals surface area contributed by atoms with Crippen molar-refractivity contribution in [2.45, 2.75) is 45.2 Å². The number of methoxy groups -OCH3 is 1. The van der Waals surface area contributed by atoms with Crippen LogP contribution < -0.4 is 14.4 Å². The molecule has 0 radical (unpaired) electrons. The van der Waals surface area contributed by atoms with Gasteiger partial charge in [0.2, 0.25) is 11.8 Å². The lowest BCUT2D eigenvalue weighted by molar-refractivity contribution is -0.139. The molecule has 8 nitrogen and oxygen atoms in total. The monoisotopic (exact) mass is 537 g/mol. The SMILES string of the molecule is CCNC(=O)[C@H](C)N(Cc1cccc(OC)c1)C(=O)CN(c1ccccc1C)S(=O)(=O)c1ccc(C)cc1. The van der Waals surface area contributed by atoms with E-state index >= 15 is 0 Å². The lowest BCUT2D eigenvalue weighted by Gasteiger charge is -2.32. The molecule has 0 heterocycles. The maximum Gasteiger partial charge on any atom is 0.264 e. The van der Waals surface area contributed by atoms with Gasteiger partial charge in [-0.15, -0.1) is 0 Å². The number of amides is 2. The van der Waals surface area contributed by atoms with Crippen LogP contribution in [0.25, 0.3) is 0 Å². The fourth-order valence-electron chi connectivity index (χ4n) is 4.07. The van der Waals surface area contributed by atoms with Crippen molar-refractivity contribution in [2.24, 2.45) is 0 Å². The third-order valence-corrected chi connectivity index (χ3v) is 8.05.